The van der Waals surface area contributed by atoms with Crippen LogP contribution in [0.15, 0.2) is 41.4 Å². The van der Waals surface area contributed by atoms with Gasteiger partial charge in [0, 0.05) is 38.4 Å². The number of rotatable bonds is 4. The van der Waals surface area contributed by atoms with Crippen LogP contribution >= 0.6 is 0 Å². The number of guanidine groups is 1. The van der Waals surface area contributed by atoms with Crippen molar-refractivity contribution in [2.24, 2.45) is 10.9 Å². The van der Waals surface area contributed by atoms with Crippen LogP contribution in [0.2, 0.25) is 0 Å². The molecule has 2 aliphatic rings. The Morgan fingerprint density at radius 1 is 1.21 bits per heavy atom. The van der Waals surface area contributed by atoms with Crippen molar-refractivity contribution in [2.45, 2.75) is 33.2 Å². The molecule has 0 radical (unpaired) electrons. The molecule has 1 aromatic carbocycles. The van der Waals surface area contributed by atoms with E-state index in [1.54, 1.807) is 0 Å². The van der Waals surface area contributed by atoms with Crippen molar-refractivity contribution in [2.75, 3.05) is 37.6 Å². The van der Waals surface area contributed by atoms with Crippen LogP contribution in [0.1, 0.15) is 32.3 Å². The van der Waals surface area contributed by atoms with Gasteiger partial charge in [0.15, 0.2) is 5.96 Å². The number of benzene rings is 1. The summed E-state index contributed by atoms with van der Waals surface area (Å²) in [6.07, 6.45) is 7.05. The number of likely N-dealkylation sites (tertiary alicyclic amines) is 1. The molecule has 3 rings (SSSR count). The SMILES string of the molecule is CCNC(=NCc1ccc(N2CC=CC2)cc1)N1CCCC(C)C1. The Morgan fingerprint density at radius 3 is 2.62 bits per heavy atom. The Morgan fingerprint density at radius 2 is 1.96 bits per heavy atom. The van der Waals surface area contributed by atoms with Crippen LogP contribution in [0.4, 0.5) is 5.69 Å². The van der Waals surface area contributed by atoms with Gasteiger partial charge in [0.05, 0.1) is 6.54 Å². The molecule has 1 N–H and O–H groups in total. The van der Waals surface area contributed by atoms with E-state index >= 15 is 0 Å². The number of nitrogens with one attached hydrogen (secondary N) is 1. The highest BCUT2D eigenvalue weighted by molar-refractivity contribution is 5.80. The molecular formula is C20H30N4. The highest BCUT2D eigenvalue weighted by Gasteiger charge is 2.19. The summed E-state index contributed by atoms with van der Waals surface area (Å²) < 4.78 is 0. The number of aliphatic imine (C=N–C) groups is 1. The molecule has 0 aromatic heterocycles. The maximum Gasteiger partial charge on any atom is 0.194 e. The van der Waals surface area contributed by atoms with Crippen LogP contribution in [0.5, 0.6) is 0 Å². The third-order valence-corrected chi connectivity index (χ3v) is 4.82. The molecule has 4 nitrogen and oxygen atoms in total. The molecule has 130 valence electrons. The highest BCUT2D eigenvalue weighted by atomic mass is 15.3. The predicted molar refractivity (Wildman–Crippen MR) is 103 cm³/mol. The summed E-state index contributed by atoms with van der Waals surface area (Å²) in [6, 6.07) is 8.85. The van der Waals surface area contributed by atoms with Gasteiger partial charge in [-0.15, -0.1) is 0 Å². The van der Waals surface area contributed by atoms with Gasteiger partial charge in [0.1, 0.15) is 0 Å². The molecule has 0 amide bonds. The van der Waals surface area contributed by atoms with Crippen molar-refractivity contribution in [3.05, 3.63) is 42.0 Å². The van der Waals surface area contributed by atoms with Gasteiger partial charge in [-0.05, 0) is 43.4 Å². The Balaban J connectivity index is 1.62. The molecule has 1 saturated heterocycles. The zero-order chi connectivity index (χ0) is 16.8. The van der Waals surface area contributed by atoms with Crippen LogP contribution < -0.4 is 10.2 Å². The second-order valence-corrected chi connectivity index (χ2v) is 6.91. The van der Waals surface area contributed by atoms with E-state index in [4.69, 9.17) is 4.99 Å². The molecule has 1 atom stereocenters. The van der Waals surface area contributed by atoms with E-state index in [-0.39, 0.29) is 0 Å². The lowest BCUT2D eigenvalue weighted by atomic mass is 10.0. The number of nitrogens with zero attached hydrogens (tertiary/aromatic N) is 3. The Labute approximate surface area is 146 Å². The maximum absolute atomic E-state index is 4.87. The molecule has 24 heavy (non-hydrogen) atoms. The standard InChI is InChI=1S/C20H30N4/c1-3-21-20(24-14-6-7-17(2)16-24)22-15-18-8-10-19(11-9-18)23-12-4-5-13-23/h4-5,8-11,17H,3,6-7,12-16H2,1-2H3,(H,21,22). The smallest absolute Gasteiger partial charge is 0.194 e. The minimum absolute atomic E-state index is 0.742. The van der Waals surface area contributed by atoms with Crippen molar-refractivity contribution in [3.63, 3.8) is 0 Å². The summed E-state index contributed by atoms with van der Waals surface area (Å²) in [5.41, 5.74) is 2.57. The van der Waals surface area contributed by atoms with Crippen LogP contribution in [0.3, 0.4) is 0 Å². The number of anilines is 1. The largest absolute Gasteiger partial charge is 0.364 e. The van der Waals surface area contributed by atoms with Crippen molar-refractivity contribution in [3.8, 4) is 0 Å². The van der Waals surface area contributed by atoms with E-state index in [9.17, 15) is 0 Å². The molecule has 1 aromatic rings. The molecule has 2 heterocycles. The van der Waals surface area contributed by atoms with Gasteiger partial charge in [-0.3, -0.25) is 0 Å². The van der Waals surface area contributed by atoms with Crippen molar-refractivity contribution in [1.29, 1.82) is 0 Å². The Kier molecular flexibility index (Phi) is 5.78. The minimum atomic E-state index is 0.742. The zero-order valence-electron chi connectivity index (χ0n) is 15.0. The van der Waals surface area contributed by atoms with Gasteiger partial charge < -0.3 is 15.1 Å². The number of hydrogen-bond acceptors (Lipinski definition) is 2. The Bertz CT molecular complexity index is 568. The predicted octanol–water partition coefficient (Wildman–Crippen LogP) is 3.26. The fourth-order valence-corrected chi connectivity index (χ4v) is 3.47. The Hall–Kier alpha value is -1.97. The molecule has 1 unspecified atom stereocenters. The summed E-state index contributed by atoms with van der Waals surface area (Å²) >= 11 is 0. The monoisotopic (exact) mass is 326 g/mol. The number of hydrogen-bond donors (Lipinski definition) is 1. The second-order valence-electron chi connectivity index (χ2n) is 6.91. The molecule has 0 saturated carbocycles. The van der Waals surface area contributed by atoms with Gasteiger partial charge in [-0.2, -0.15) is 0 Å². The van der Waals surface area contributed by atoms with Crippen LogP contribution in [-0.2, 0) is 6.54 Å². The van der Waals surface area contributed by atoms with E-state index in [1.807, 2.05) is 0 Å². The summed E-state index contributed by atoms with van der Waals surface area (Å²) in [7, 11) is 0. The first-order valence-corrected chi connectivity index (χ1v) is 9.28. The molecule has 4 heteroatoms. The topological polar surface area (TPSA) is 30.9 Å². The van der Waals surface area contributed by atoms with Crippen molar-refractivity contribution < 1.29 is 0 Å². The van der Waals surface area contributed by atoms with E-state index in [0.717, 1.165) is 51.1 Å². The lowest BCUT2D eigenvalue weighted by Crippen LogP contribution is -2.46. The molecule has 1 fully saturated rings. The van der Waals surface area contributed by atoms with E-state index in [1.165, 1.54) is 24.1 Å². The lowest BCUT2D eigenvalue weighted by molar-refractivity contribution is 0.266. The normalized spacial score (nSPS) is 21.4. The minimum Gasteiger partial charge on any atom is -0.364 e. The van der Waals surface area contributed by atoms with Crippen LogP contribution in [0.25, 0.3) is 0 Å². The third kappa shape index (κ3) is 4.31. The van der Waals surface area contributed by atoms with Crippen LogP contribution in [-0.4, -0.2) is 43.6 Å². The van der Waals surface area contributed by atoms with Gasteiger partial charge in [0.25, 0.3) is 0 Å². The fraction of sp³-hybridized carbons (Fsp3) is 0.550. The summed E-state index contributed by atoms with van der Waals surface area (Å²) in [5, 5.41) is 3.46. The lowest BCUT2D eigenvalue weighted by Gasteiger charge is -2.33. The van der Waals surface area contributed by atoms with E-state index in [0.29, 0.717) is 0 Å². The van der Waals surface area contributed by atoms with Crippen molar-refractivity contribution >= 4 is 11.6 Å². The second kappa shape index (κ2) is 8.22. The highest BCUT2D eigenvalue weighted by Crippen LogP contribution is 2.19. The first-order valence-electron chi connectivity index (χ1n) is 9.28. The summed E-state index contributed by atoms with van der Waals surface area (Å²) in [5.74, 6) is 1.83. The average molecular weight is 326 g/mol. The first-order chi connectivity index (χ1) is 11.8. The molecule has 0 spiro atoms. The third-order valence-electron chi connectivity index (χ3n) is 4.82. The maximum atomic E-state index is 4.87. The molecule has 2 aliphatic heterocycles. The summed E-state index contributed by atoms with van der Waals surface area (Å²) in [4.78, 5) is 9.66. The van der Waals surface area contributed by atoms with Gasteiger partial charge >= 0.3 is 0 Å². The fourth-order valence-electron chi connectivity index (χ4n) is 3.47. The summed E-state index contributed by atoms with van der Waals surface area (Å²) in [6.45, 7) is 10.4. The average Bonchev–Trinajstić information content (AvgIpc) is 3.14. The number of piperidine rings is 1. The molecule has 0 aliphatic carbocycles. The van der Waals surface area contributed by atoms with E-state index < -0.39 is 0 Å². The quantitative estimate of drug-likeness (QED) is 0.523. The zero-order valence-corrected chi connectivity index (χ0v) is 15.0. The molecular weight excluding hydrogens is 296 g/mol. The molecule has 0 bridgehead atoms. The van der Waals surface area contributed by atoms with E-state index in [2.05, 4.69) is 65.4 Å². The van der Waals surface area contributed by atoms with Gasteiger partial charge in [-0.1, -0.05) is 31.2 Å². The van der Waals surface area contributed by atoms with Crippen molar-refractivity contribution in [1.82, 2.24) is 10.2 Å². The van der Waals surface area contributed by atoms with Crippen LogP contribution in [0, 0.1) is 5.92 Å². The first kappa shape index (κ1) is 16.9. The van der Waals surface area contributed by atoms with Gasteiger partial charge in [-0.25, -0.2) is 4.99 Å². The van der Waals surface area contributed by atoms with Gasteiger partial charge in [0.2, 0.25) is 0 Å².